The highest BCUT2D eigenvalue weighted by Crippen LogP contribution is 2.17. The second kappa shape index (κ2) is 7.98. The maximum Gasteiger partial charge on any atom is 0.257 e. The van der Waals surface area contributed by atoms with Crippen LogP contribution in [0.2, 0.25) is 0 Å². The maximum atomic E-state index is 13.0. The molecule has 1 aliphatic rings. The van der Waals surface area contributed by atoms with Gasteiger partial charge in [-0.05, 0) is 31.5 Å². The lowest BCUT2D eigenvalue weighted by Crippen LogP contribution is -2.48. The van der Waals surface area contributed by atoms with Crippen LogP contribution in [-0.4, -0.2) is 51.7 Å². The molecule has 0 spiro atoms. The van der Waals surface area contributed by atoms with Crippen molar-refractivity contribution in [2.75, 3.05) is 26.2 Å². The van der Waals surface area contributed by atoms with Crippen molar-refractivity contribution >= 4 is 5.91 Å². The van der Waals surface area contributed by atoms with E-state index < -0.39 is 0 Å². The summed E-state index contributed by atoms with van der Waals surface area (Å²) in [4.78, 5) is 17.4. The lowest BCUT2D eigenvalue weighted by molar-refractivity contribution is 0.0627. The molecule has 1 saturated heterocycles. The molecule has 2 heterocycles. The summed E-state index contributed by atoms with van der Waals surface area (Å²) in [7, 11) is 0. The van der Waals surface area contributed by atoms with Crippen molar-refractivity contribution in [2.45, 2.75) is 20.4 Å². The second-order valence-electron chi connectivity index (χ2n) is 7.45. The van der Waals surface area contributed by atoms with Crippen LogP contribution in [0.4, 0.5) is 0 Å². The number of hydrogen-bond donors (Lipinski definition) is 0. The Kier molecular flexibility index (Phi) is 5.26. The molecule has 1 aliphatic heterocycles. The van der Waals surface area contributed by atoms with Crippen LogP contribution in [0.5, 0.6) is 0 Å². The van der Waals surface area contributed by atoms with E-state index in [1.165, 1.54) is 11.1 Å². The zero-order valence-electron chi connectivity index (χ0n) is 16.5. The number of carbonyl (C=O) groups excluding carboxylic acids is 1. The van der Waals surface area contributed by atoms with Crippen LogP contribution < -0.4 is 0 Å². The standard InChI is InChI=1S/C23H26N4O/c1-18-7-6-8-20(15-18)17-25-11-13-26(14-12-25)23(28)22-16-24-27(19(22)2)21-9-4-3-5-10-21/h3-10,15-16H,11-14,17H2,1-2H3. The van der Waals surface area contributed by atoms with E-state index >= 15 is 0 Å². The summed E-state index contributed by atoms with van der Waals surface area (Å²) < 4.78 is 1.83. The van der Waals surface area contributed by atoms with Gasteiger partial charge in [-0.3, -0.25) is 9.69 Å². The summed E-state index contributed by atoms with van der Waals surface area (Å²) >= 11 is 0. The zero-order valence-corrected chi connectivity index (χ0v) is 16.5. The van der Waals surface area contributed by atoms with Crippen molar-refractivity contribution in [3.8, 4) is 5.69 Å². The van der Waals surface area contributed by atoms with Gasteiger partial charge in [0.1, 0.15) is 0 Å². The Morgan fingerprint density at radius 1 is 0.964 bits per heavy atom. The van der Waals surface area contributed by atoms with Gasteiger partial charge in [-0.15, -0.1) is 0 Å². The van der Waals surface area contributed by atoms with Gasteiger partial charge in [0.15, 0.2) is 0 Å². The largest absolute Gasteiger partial charge is 0.336 e. The molecule has 0 atom stereocenters. The zero-order chi connectivity index (χ0) is 19.5. The van der Waals surface area contributed by atoms with Gasteiger partial charge in [0.2, 0.25) is 0 Å². The van der Waals surface area contributed by atoms with Gasteiger partial charge in [0.25, 0.3) is 5.91 Å². The number of aryl methyl sites for hydroxylation is 1. The van der Waals surface area contributed by atoms with Crippen LogP contribution in [0, 0.1) is 13.8 Å². The van der Waals surface area contributed by atoms with E-state index in [4.69, 9.17) is 0 Å². The van der Waals surface area contributed by atoms with Crippen LogP contribution in [-0.2, 0) is 6.54 Å². The third kappa shape index (κ3) is 3.85. The highest BCUT2D eigenvalue weighted by molar-refractivity contribution is 5.95. The molecule has 2 aromatic carbocycles. The lowest BCUT2D eigenvalue weighted by atomic mass is 10.1. The fourth-order valence-corrected chi connectivity index (χ4v) is 3.80. The first-order valence-corrected chi connectivity index (χ1v) is 9.79. The van der Waals surface area contributed by atoms with Crippen LogP contribution in [0.1, 0.15) is 27.2 Å². The normalized spacial score (nSPS) is 15.0. The van der Waals surface area contributed by atoms with Crippen LogP contribution in [0.15, 0.2) is 60.8 Å². The average Bonchev–Trinajstić information content (AvgIpc) is 3.10. The fourth-order valence-electron chi connectivity index (χ4n) is 3.80. The first kappa shape index (κ1) is 18.4. The SMILES string of the molecule is Cc1cccc(CN2CCN(C(=O)c3cnn(-c4ccccc4)c3C)CC2)c1. The van der Waals surface area contributed by atoms with E-state index in [9.17, 15) is 4.79 Å². The smallest absolute Gasteiger partial charge is 0.257 e. The topological polar surface area (TPSA) is 41.4 Å². The summed E-state index contributed by atoms with van der Waals surface area (Å²) in [5.74, 6) is 0.0786. The molecule has 0 saturated carbocycles. The van der Waals surface area contributed by atoms with Gasteiger partial charge in [0.05, 0.1) is 23.1 Å². The number of para-hydroxylation sites is 1. The Morgan fingerprint density at radius 2 is 1.71 bits per heavy atom. The first-order chi connectivity index (χ1) is 13.6. The Labute approximate surface area is 166 Å². The summed E-state index contributed by atoms with van der Waals surface area (Å²) in [6.45, 7) is 8.31. The summed E-state index contributed by atoms with van der Waals surface area (Å²) in [5.41, 5.74) is 5.17. The van der Waals surface area contributed by atoms with E-state index in [0.29, 0.717) is 5.56 Å². The molecule has 1 fully saturated rings. The van der Waals surface area contributed by atoms with Gasteiger partial charge in [-0.25, -0.2) is 4.68 Å². The minimum absolute atomic E-state index is 0.0786. The molecule has 0 aliphatic carbocycles. The monoisotopic (exact) mass is 374 g/mol. The highest BCUT2D eigenvalue weighted by atomic mass is 16.2. The van der Waals surface area contributed by atoms with E-state index in [2.05, 4.69) is 41.2 Å². The van der Waals surface area contributed by atoms with E-state index in [-0.39, 0.29) is 5.91 Å². The number of hydrogen-bond acceptors (Lipinski definition) is 3. The number of nitrogens with zero attached hydrogens (tertiary/aromatic N) is 4. The Bertz CT molecular complexity index is 956. The summed E-state index contributed by atoms with van der Waals surface area (Å²) in [6, 6.07) is 18.6. The molecule has 1 amide bonds. The van der Waals surface area contributed by atoms with Gasteiger partial charge in [0, 0.05) is 32.7 Å². The number of carbonyl (C=O) groups is 1. The van der Waals surface area contributed by atoms with Gasteiger partial charge in [-0.2, -0.15) is 5.10 Å². The van der Waals surface area contributed by atoms with Gasteiger partial charge >= 0.3 is 0 Å². The Morgan fingerprint density at radius 3 is 2.43 bits per heavy atom. The molecule has 5 nitrogen and oxygen atoms in total. The first-order valence-electron chi connectivity index (χ1n) is 9.79. The molecule has 5 heteroatoms. The highest BCUT2D eigenvalue weighted by Gasteiger charge is 2.25. The minimum atomic E-state index is 0.0786. The predicted octanol–water partition coefficient (Wildman–Crippen LogP) is 3.45. The molecule has 4 rings (SSSR count). The van der Waals surface area contributed by atoms with Crippen LogP contribution in [0.25, 0.3) is 5.69 Å². The molecule has 0 radical (unpaired) electrons. The second-order valence-corrected chi connectivity index (χ2v) is 7.45. The molecule has 28 heavy (non-hydrogen) atoms. The maximum absolute atomic E-state index is 13.0. The van der Waals surface area contributed by atoms with Crippen molar-refractivity contribution < 1.29 is 4.79 Å². The molecule has 144 valence electrons. The van der Waals surface area contributed by atoms with E-state index in [0.717, 1.165) is 44.1 Å². The van der Waals surface area contributed by atoms with Gasteiger partial charge in [-0.1, -0.05) is 48.0 Å². The molecule has 3 aromatic rings. The van der Waals surface area contributed by atoms with Crippen molar-refractivity contribution in [1.29, 1.82) is 0 Å². The number of rotatable bonds is 4. The number of benzene rings is 2. The van der Waals surface area contributed by atoms with Crippen molar-refractivity contribution in [1.82, 2.24) is 19.6 Å². The number of aromatic nitrogens is 2. The lowest BCUT2D eigenvalue weighted by Gasteiger charge is -2.34. The molecule has 1 aromatic heterocycles. The summed E-state index contributed by atoms with van der Waals surface area (Å²) in [6.07, 6.45) is 1.70. The Hall–Kier alpha value is -2.92. The third-order valence-electron chi connectivity index (χ3n) is 5.39. The van der Waals surface area contributed by atoms with Crippen LogP contribution in [0.3, 0.4) is 0 Å². The number of piperazine rings is 1. The summed E-state index contributed by atoms with van der Waals surface area (Å²) in [5, 5.41) is 4.44. The number of amides is 1. The fraction of sp³-hybridized carbons (Fsp3) is 0.304. The predicted molar refractivity (Wildman–Crippen MR) is 111 cm³/mol. The van der Waals surface area contributed by atoms with Gasteiger partial charge < -0.3 is 4.90 Å². The van der Waals surface area contributed by atoms with E-state index in [1.807, 2.05) is 46.8 Å². The molecular weight excluding hydrogens is 348 g/mol. The van der Waals surface area contributed by atoms with E-state index in [1.54, 1.807) is 6.20 Å². The Balaban J connectivity index is 1.40. The molecule has 0 unspecified atom stereocenters. The van der Waals surface area contributed by atoms with Crippen molar-refractivity contribution in [3.05, 3.63) is 83.2 Å². The minimum Gasteiger partial charge on any atom is -0.336 e. The quantitative estimate of drug-likeness (QED) is 0.702. The molecular formula is C23H26N4O. The van der Waals surface area contributed by atoms with Crippen LogP contribution >= 0.6 is 0 Å². The van der Waals surface area contributed by atoms with Crippen molar-refractivity contribution in [3.63, 3.8) is 0 Å². The average molecular weight is 374 g/mol. The molecule has 0 bridgehead atoms. The van der Waals surface area contributed by atoms with Crippen molar-refractivity contribution in [2.24, 2.45) is 0 Å². The third-order valence-corrected chi connectivity index (χ3v) is 5.39. The molecule has 0 N–H and O–H groups in total.